The second-order valence-corrected chi connectivity index (χ2v) is 11.1. The molecule has 0 radical (unpaired) electrons. The predicted octanol–water partition coefficient (Wildman–Crippen LogP) is 3.58. The van der Waals surface area contributed by atoms with E-state index in [4.69, 9.17) is 8.92 Å². The standard InChI is InChI=1S/C27H20O11S2/c1-37-22-15-20(28)19(25(30)17-10-6-3-7-11-17)14-23(22)40(35,36)38-21-13-12-18(26(31)27(21)39(32,33)34)24(29)16-8-4-2-5-9-16/h2-15,28,31H,1H3,(H,32,33,34). The molecule has 0 aromatic heterocycles. The molecule has 0 aliphatic carbocycles. The van der Waals surface area contributed by atoms with Crippen molar-refractivity contribution in [1.29, 1.82) is 0 Å². The lowest BCUT2D eigenvalue weighted by Crippen LogP contribution is -2.15. The number of carbonyl (C=O) groups is 2. The minimum atomic E-state index is -5.35. The van der Waals surface area contributed by atoms with Gasteiger partial charge in [-0.1, -0.05) is 60.7 Å². The van der Waals surface area contributed by atoms with Crippen molar-refractivity contribution in [3.8, 4) is 23.0 Å². The van der Waals surface area contributed by atoms with E-state index in [1.807, 2.05) is 0 Å². The van der Waals surface area contributed by atoms with Crippen LogP contribution >= 0.6 is 0 Å². The van der Waals surface area contributed by atoms with Crippen LogP contribution in [0, 0.1) is 0 Å². The molecule has 0 saturated carbocycles. The molecule has 0 amide bonds. The fourth-order valence-electron chi connectivity index (χ4n) is 3.79. The van der Waals surface area contributed by atoms with E-state index in [0.29, 0.717) is 0 Å². The first kappa shape index (κ1) is 28.3. The van der Waals surface area contributed by atoms with Gasteiger partial charge in [0.25, 0.3) is 0 Å². The van der Waals surface area contributed by atoms with Crippen LogP contribution in [0.3, 0.4) is 0 Å². The van der Waals surface area contributed by atoms with E-state index in [1.165, 1.54) is 36.4 Å². The highest BCUT2D eigenvalue weighted by atomic mass is 32.2. The average molecular weight is 585 g/mol. The van der Waals surface area contributed by atoms with Gasteiger partial charge in [-0.2, -0.15) is 16.8 Å². The van der Waals surface area contributed by atoms with Gasteiger partial charge in [-0.3, -0.25) is 14.1 Å². The van der Waals surface area contributed by atoms with Crippen molar-refractivity contribution in [3.63, 3.8) is 0 Å². The van der Waals surface area contributed by atoms with Crippen LogP contribution in [0.5, 0.6) is 23.0 Å². The molecule has 0 spiro atoms. The van der Waals surface area contributed by atoms with E-state index in [0.717, 1.165) is 31.4 Å². The van der Waals surface area contributed by atoms with Crippen LogP contribution < -0.4 is 8.92 Å². The maximum atomic E-state index is 13.3. The topological polar surface area (TPSA) is 182 Å². The van der Waals surface area contributed by atoms with Crippen LogP contribution in [-0.4, -0.2) is 50.3 Å². The molecule has 4 aromatic rings. The van der Waals surface area contributed by atoms with Gasteiger partial charge in [-0.15, -0.1) is 0 Å². The molecule has 3 N–H and O–H groups in total. The molecular formula is C27H20O11S2. The number of carbonyl (C=O) groups excluding carboxylic acids is 2. The fraction of sp³-hybridized carbons (Fsp3) is 0.0370. The van der Waals surface area contributed by atoms with Gasteiger partial charge in [0.2, 0.25) is 0 Å². The molecule has 40 heavy (non-hydrogen) atoms. The van der Waals surface area contributed by atoms with Gasteiger partial charge in [0.15, 0.2) is 28.0 Å². The first-order valence-corrected chi connectivity index (χ1v) is 14.1. The number of aromatic hydroxyl groups is 2. The Morgan fingerprint density at radius 1 is 0.700 bits per heavy atom. The molecule has 0 fully saturated rings. The van der Waals surface area contributed by atoms with Crippen LogP contribution in [0.15, 0.2) is 94.7 Å². The van der Waals surface area contributed by atoms with E-state index in [9.17, 15) is 41.2 Å². The van der Waals surface area contributed by atoms with Crippen molar-refractivity contribution in [2.45, 2.75) is 9.79 Å². The van der Waals surface area contributed by atoms with E-state index < -0.39 is 75.7 Å². The maximum absolute atomic E-state index is 13.3. The molecular weight excluding hydrogens is 564 g/mol. The summed E-state index contributed by atoms with van der Waals surface area (Å²) >= 11 is 0. The smallest absolute Gasteiger partial charge is 0.343 e. The van der Waals surface area contributed by atoms with Crippen molar-refractivity contribution < 1.29 is 50.1 Å². The molecule has 11 nitrogen and oxygen atoms in total. The van der Waals surface area contributed by atoms with Gasteiger partial charge >= 0.3 is 20.2 Å². The van der Waals surface area contributed by atoms with Crippen LogP contribution in [0.2, 0.25) is 0 Å². The zero-order chi connectivity index (χ0) is 29.2. The number of ketones is 2. The van der Waals surface area contributed by atoms with Crippen molar-refractivity contribution in [1.82, 2.24) is 0 Å². The molecule has 4 rings (SSSR count). The van der Waals surface area contributed by atoms with E-state index in [2.05, 4.69) is 0 Å². The summed E-state index contributed by atoms with van der Waals surface area (Å²) in [6.07, 6.45) is 0. The lowest BCUT2D eigenvalue weighted by Gasteiger charge is -2.16. The summed E-state index contributed by atoms with van der Waals surface area (Å²) in [5, 5.41) is 21.0. The van der Waals surface area contributed by atoms with Gasteiger partial charge in [0, 0.05) is 17.2 Å². The molecule has 13 heteroatoms. The zero-order valence-electron chi connectivity index (χ0n) is 20.5. The summed E-state index contributed by atoms with van der Waals surface area (Å²) in [5.74, 6) is -4.92. The predicted molar refractivity (Wildman–Crippen MR) is 140 cm³/mol. The number of phenolic OH excluding ortho intramolecular Hbond substituents is 2. The van der Waals surface area contributed by atoms with Crippen molar-refractivity contribution >= 4 is 31.8 Å². The van der Waals surface area contributed by atoms with Gasteiger partial charge < -0.3 is 19.1 Å². The summed E-state index contributed by atoms with van der Waals surface area (Å²) in [5.41, 5.74) is -0.785. The van der Waals surface area contributed by atoms with Crippen molar-refractivity contribution in [2.24, 2.45) is 0 Å². The highest BCUT2D eigenvalue weighted by Gasteiger charge is 2.32. The Bertz CT molecular complexity index is 1830. The number of methoxy groups -OCH3 is 1. The molecule has 0 aliphatic rings. The number of hydrogen-bond acceptors (Lipinski definition) is 10. The number of benzene rings is 4. The molecule has 0 bridgehead atoms. The minimum Gasteiger partial charge on any atom is -0.507 e. The van der Waals surface area contributed by atoms with Gasteiger partial charge in [-0.05, 0) is 18.2 Å². The second kappa shape index (κ2) is 10.8. The number of phenols is 2. The Morgan fingerprint density at radius 3 is 1.73 bits per heavy atom. The third-order valence-corrected chi connectivity index (χ3v) is 7.83. The highest BCUT2D eigenvalue weighted by molar-refractivity contribution is 7.87. The first-order chi connectivity index (χ1) is 18.8. The van der Waals surface area contributed by atoms with Crippen molar-refractivity contribution in [3.05, 3.63) is 107 Å². The number of rotatable bonds is 9. The molecule has 206 valence electrons. The van der Waals surface area contributed by atoms with Crippen molar-refractivity contribution in [2.75, 3.05) is 7.11 Å². The van der Waals surface area contributed by atoms with Crippen LogP contribution in [0.4, 0.5) is 0 Å². The van der Waals surface area contributed by atoms with Gasteiger partial charge in [0.1, 0.15) is 16.4 Å². The summed E-state index contributed by atoms with van der Waals surface area (Å²) in [6, 6.07) is 18.4. The quantitative estimate of drug-likeness (QED) is 0.149. The first-order valence-electron chi connectivity index (χ1n) is 11.2. The van der Waals surface area contributed by atoms with Crippen LogP contribution in [-0.2, 0) is 20.2 Å². The molecule has 0 heterocycles. The molecule has 0 aliphatic heterocycles. The largest absolute Gasteiger partial charge is 0.507 e. The third-order valence-electron chi connectivity index (χ3n) is 5.67. The van der Waals surface area contributed by atoms with E-state index in [1.54, 1.807) is 24.3 Å². The van der Waals surface area contributed by atoms with E-state index in [-0.39, 0.29) is 11.1 Å². The number of ether oxygens (including phenoxy) is 1. The lowest BCUT2D eigenvalue weighted by molar-refractivity contribution is 0.102. The van der Waals surface area contributed by atoms with E-state index >= 15 is 0 Å². The maximum Gasteiger partial charge on any atom is 0.343 e. The molecule has 0 unspecified atom stereocenters. The third kappa shape index (κ3) is 5.52. The SMILES string of the molecule is COc1cc(O)c(C(=O)c2ccccc2)cc1S(=O)(=O)Oc1ccc(C(=O)c2ccccc2)c(O)c1S(=O)(=O)O. The van der Waals surface area contributed by atoms with Crippen LogP contribution in [0.25, 0.3) is 0 Å². The molecule has 0 saturated heterocycles. The summed E-state index contributed by atoms with van der Waals surface area (Å²) in [6.45, 7) is 0. The summed E-state index contributed by atoms with van der Waals surface area (Å²) < 4.78 is 70.8. The Labute approximate surface area is 228 Å². The number of hydrogen-bond donors (Lipinski definition) is 3. The molecule has 0 atom stereocenters. The normalized spacial score (nSPS) is 11.6. The fourth-order valence-corrected chi connectivity index (χ4v) is 5.68. The molecule has 4 aromatic carbocycles. The Morgan fingerprint density at radius 2 is 1.23 bits per heavy atom. The summed E-state index contributed by atoms with van der Waals surface area (Å²) in [7, 11) is -9.33. The Hall–Kier alpha value is -4.72. The van der Waals surface area contributed by atoms with Crippen LogP contribution in [0.1, 0.15) is 31.8 Å². The van der Waals surface area contributed by atoms with Gasteiger partial charge in [-0.25, -0.2) is 0 Å². The Balaban J connectivity index is 1.83. The second-order valence-electron chi connectivity index (χ2n) is 8.21. The lowest BCUT2D eigenvalue weighted by atomic mass is 10.0. The summed E-state index contributed by atoms with van der Waals surface area (Å²) in [4.78, 5) is 23.6. The highest BCUT2D eigenvalue weighted by Crippen LogP contribution is 2.40. The Kier molecular flexibility index (Phi) is 7.64. The van der Waals surface area contributed by atoms with Gasteiger partial charge in [0.05, 0.1) is 18.2 Å². The monoisotopic (exact) mass is 584 g/mol. The zero-order valence-corrected chi connectivity index (χ0v) is 22.1. The minimum absolute atomic E-state index is 0.0739. The average Bonchev–Trinajstić information content (AvgIpc) is 2.92.